The van der Waals surface area contributed by atoms with Crippen molar-refractivity contribution in [2.75, 3.05) is 5.32 Å². The lowest BCUT2D eigenvalue weighted by Crippen LogP contribution is -2.11. The van der Waals surface area contributed by atoms with Crippen LogP contribution >= 0.6 is 11.3 Å². The maximum absolute atomic E-state index is 12.0. The summed E-state index contributed by atoms with van der Waals surface area (Å²) in [7, 11) is 0. The Kier molecular flexibility index (Phi) is 3.75. The molecule has 0 saturated heterocycles. The third-order valence-corrected chi connectivity index (χ3v) is 3.56. The number of carbonyl (C=O) groups is 1. The average Bonchev–Trinajstić information content (AvgIpc) is 2.88. The first-order valence-electron chi connectivity index (χ1n) is 5.62. The number of thiophene rings is 1. The number of rotatable bonds is 3. The number of aryl methyl sites for hydroxylation is 1. The van der Waals surface area contributed by atoms with Gasteiger partial charge in [0.15, 0.2) is 0 Å². The summed E-state index contributed by atoms with van der Waals surface area (Å²) in [6, 6.07) is 10.8. The molecule has 0 aliphatic heterocycles. The summed E-state index contributed by atoms with van der Waals surface area (Å²) in [6.07, 6.45) is 0.847. The normalized spacial score (nSPS) is 9.78. The predicted octanol–water partition coefficient (Wildman–Crippen LogP) is 3.43. The van der Waals surface area contributed by atoms with Crippen molar-refractivity contribution in [1.82, 2.24) is 0 Å². The van der Waals surface area contributed by atoms with E-state index in [0.29, 0.717) is 11.3 Å². The van der Waals surface area contributed by atoms with E-state index in [1.165, 1.54) is 11.3 Å². The molecule has 0 unspecified atom stereocenters. The molecule has 0 saturated carbocycles. The maximum atomic E-state index is 12.0. The Hall–Kier alpha value is -2.12. The third-order valence-electron chi connectivity index (χ3n) is 2.61. The quantitative estimate of drug-likeness (QED) is 0.914. The molecule has 90 valence electrons. The van der Waals surface area contributed by atoms with E-state index in [1.807, 2.05) is 24.4 Å². The van der Waals surface area contributed by atoms with Crippen molar-refractivity contribution in [3.8, 4) is 6.07 Å². The summed E-state index contributed by atoms with van der Waals surface area (Å²) < 4.78 is 0. The standard InChI is InChI=1S/C14H12N2OS/c1-2-11-7-8-18-13(11)14(17)16-12-5-3-10(9-15)4-6-12/h3-8H,2H2,1H3,(H,16,17). The molecule has 0 spiro atoms. The van der Waals surface area contributed by atoms with Crippen LogP contribution in [0.15, 0.2) is 35.7 Å². The van der Waals surface area contributed by atoms with Crippen LogP contribution in [0.3, 0.4) is 0 Å². The molecule has 4 heteroatoms. The second-order valence-corrected chi connectivity index (χ2v) is 4.69. The van der Waals surface area contributed by atoms with Gasteiger partial charge < -0.3 is 5.32 Å². The van der Waals surface area contributed by atoms with Crippen LogP contribution in [0.2, 0.25) is 0 Å². The molecule has 1 amide bonds. The lowest BCUT2D eigenvalue weighted by molar-refractivity contribution is 0.103. The first-order valence-corrected chi connectivity index (χ1v) is 6.50. The number of nitrogens with one attached hydrogen (secondary N) is 1. The Bertz CT molecular complexity index is 593. The number of nitrogens with zero attached hydrogens (tertiary/aromatic N) is 1. The van der Waals surface area contributed by atoms with Crippen molar-refractivity contribution in [3.05, 3.63) is 51.7 Å². The fourth-order valence-corrected chi connectivity index (χ4v) is 2.52. The van der Waals surface area contributed by atoms with Crippen molar-refractivity contribution in [2.45, 2.75) is 13.3 Å². The minimum absolute atomic E-state index is 0.0912. The topological polar surface area (TPSA) is 52.9 Å². The molecular formula is C14H12N2OS. The van der Waals surface area contributed by atoms with Crippen molar-refractivity contribution >= 4 is 22.9 Å². The zero-order valence-electron chi connectivity index (χ0n) is 9.93. The highest BCUT2D eigenvalue weighted by atomic mass is 32.1. The number of anilines is 1. The van der Waals surface area contributed by atoms with Crippen molar-refractivity contribution in [2.24, 2.45) is 0 Å². The molecule has 2 aromatic rings. The van der Waals surface area contributed by atoms with Gasteiger partial charge in [-0.05, 0) is 47.7 Å². The molecule has 0 bridgehead atoms. The Morgan fingerprint density at radius 3 is 2.67 bits per heavy atom. The Balaban J connectivity index is 2.14. The number of benzene rings is 1. The van der Waals surface area contributed by atoms with Gasteiger partial charge in [-0.1, -0.05) is 6.92 Å². The summed E-state index contributed by atoms with van der Waals surface area (Å²) in [5.74, 6) is -0.0912. The van der Waals surface area contributed by atoms with Gasteiger partial charge in [-0.25, -0.2) is 0 Å². The molecule has 1 N–H and O–H groups in total. The predicted molar refractivity (Wildman–Crippen MR) is 72.8 cm³/mol. The van der Waals surface area contributed by atoms with Gasteiger partial charge in [0.2, 0.25) is 0 Å². The van der Waals surface area contributed by atoms with E-state index in [9.17, 15) is 4.79 Å². The highest BCUT2D eigenvalue weighted by Crippen LogP contribution is 2.19. The molecule has 2 rings (SSSR count). The van der Waals surface area contributed by atoms with Crippen LogP contribution in [0.5, 0.6) is 0 Å². The monoisotopic (exact) mass is 256 g/mol. The van der Waals surface area contributed by atoms with E-state index < -0.39 is 0 Å². The molecule has 3 nitrogen and oxygen atoms in total. The minimum atomic E-state index is -0.0912. The van der Waals surface area contributed by atoms with Gasteiger partial charge in [-0.15, -0.1) is 11.3 Å². The minimum Gasteiger partial charge on any atom is -0.321 e. The summed E-state index contributed by atoms with van der Waals surface area (Å²) >= 11 is 1.44. The van der Waals surface area contributed by atoms with Crippen molar-refractivity contribution in [3.63, 3.8) is 0 Å². The molecule has 0 aliphatic carbocycles. The largest absolute Gasteiger partial charge is 0.321 e. The van der Waals surface area contributed by atoms with Crippen LogP contribution in [0, 0.1) is 11.3 Å². The molecule has 0 aliphatic rings. The molecule has 1 heterocycles. The maximum Gasteiger partial charge on any atom is 0.266 e. The number of amides is 1. The van der Waals surface area contributed by atoms with Crippen LogP contribution in [0.1, 0.15) is 27.7 Å². The van der Waals surface area contributed by atoms with Crippen LogP contribution in [-0.2, 0) is 6.42 Å². The second kappa shape index (κ2) is 5.48. The summed E-state index contributed by atoms with van der Waals surface area (Å²) in [5, 5.41) is 13.4. The van der Waals surface area contributed by atoms with Gasteiger partial charge in [0, 0.05) is 5.69 Å². The zero-order valence-corrected chi connectivity index (χ0v) is 10.8. The Morgan fingerprint density at radius 1 is 1.33 bits per heavy atom. The van der Waals surface area contributed by atoms with E-state index in [4.69, 9.17) is 5.26 Å². The highest BCUT2D eigenvalue weighted by Gasteiger charge is 2.11. The lowest BCUT2D eigenvalue weighted by atomic mass is 10.2. The number of nitriles is 1. The molecule has 18 heavy (non-hydrogen) atoms. The van der Waals surface area contributed by atoms with Crippen molar-refractivity contribution in [1.29, 1.82) is 5.26 Å². The third kappa shape index (κ3) is 2.58. The van der Waals surface area contributed by atoms with E-state index in [-0.39, 0.29) is 5.91 Å². The first kappa shape index (κ1) is 12.3. The zero-order chi connectivity index (χ0) is 13.0. The molecule has 1 aromatic heterocycles. The molecule has 1 aromatic carbocycles. The smallest absolute Gasteiger partial charge is 0.266 e. The molecule has 0 radical (unpaired) electrons. The van der Waals surface area contributed by atoms with Gasteiger partial charge in [0.05, 0.1) is 16.5 Å². The first-order chi connectivity index (χ1) is 8.74. The number of hydrogen-bond donors (Lipinski definition) is 1. The lowest BCUT2D eigenvalue weighted by Gasteiger charge is -2.05. The fourth-order valence-electron chi connectivity index (χ4n) is 1.63. The highest BCUT2D eigenvalue weighted by molar-refractivity contribution is 7.12. The summed E-state index contributed by atoms with van der Waals surface area (Å²) in [5.41, 5.74) is 2.35. The Morgan fingerprint density at radius 2 is 2.06 bits per heavy atom. The van der Waals surface area contributed by atoms with Crippen LogP contribution in [0.25, 0.3) is 0 Å². The average molecular weight is 256 g/mol. The van der Waals surface area contributed by atoms with E-state index >= 15 is 0 Å². The SMILES string of the molecule is CCc1ccsc1C(=O)Nc1ccc(C#N)cc1. The van der Waals surface area contributed by atoms with Crippen LogP contribution in [0.4, 0.5) is 5.69 Å². The van der Waals surface area contributed by atoms with Gasteiger partial charge in [-0.3, -0.25) is 4.79 Å². The number of carbonyl (C=O) groups excluding carboxylic acids is 1. The van der Waals surface area contributed by atoms with Crippen LogP contribution < -0.4 is 5.32 Å². The molecule has 0 fully saturated rings. The fraction of sp³-hybridized carbons (Fsp3) is 0.143. The summed E-state index contributed by atoms with van der Waals surface area (Å²) in [6.45, 7) is 2.03. The van der Waals surface area contributed by atoms with Gasteiger partial charge in [0.25, 0.3) is 5.91 Å². The van der Waals surface area contributed by atoms with E-state index in [1.54, 1.807) is 24.3 Å². The van der Waals surface area contributed by atoms with Gasteiger partial charge in [0.1, 0.15) is 0 Å². The Labute approximate surface area is 110 Å². The molecular weight excluding hydrogens is 244 g/mol. The second-order valence-electron chi connectivity index (χ2n) is 3.77. The van der Waals surface area contributed by atoms with Crippen molar-refractivity contribution < 1.29 is 4.79 Å². The summed E-state index contributed by atoms with van der Waals surface area (Å²) in [4.78, 5) is 12.8. The molecule has 0 atom stereocenters. The number of hydrogen-bond acceptors (Lipinski definition) is 3. The van der Waals surface area contributed by atoms with Gasteiger partial charge >= 0.3 is 0 Å². The van der Waals surface area contributed by atoms with Gasteiger partial charge in [-0.2, -0.15) is 5.26 Å². The van der Waals surface area contributed by atoms with E-state index in [0.717, 1.165) is 16.9 Å². The van der Waals surface area contributed by atoms with E-state index in [2.05, 4.69) is 5.32 Å². The van der Waals surface area contributed by atoms with Crippen LogP contribution in [-0.4, -0.2) is 5.91 Å².